The van der Waals surface area contributed by atoms with Crippen molar-refractivity contribution in [2.24, 2.45) is 0 Å². The van der Waals surface area contributed by atoms with Crippen LogP contribution in [0, 0.1) is 5.82 Å². The molecule has 9 heteroatoms. The highest BCUT2D eigenvalue weighted by Gasteiger charge is 2.37. The number of nitrogens with one attached hydrogen (secondary N) is 2. The molecule has 0 radical (unpaired) electrons. The van der Waals surface area contributed by atoms with E-state index in [4.69, 9.17) is 9.47 Å². The molecule has 2 N–H and O–H groups in total. The van der Waals surface area contributed by atoms with E-state index in [9.17, 15) is 14.0 Å². The summed E-state index contributed by atoms with van der Waals surface area (Å²) in [4.78, 5) is 25.4. The molecule has 166 valence electrons. The number of amides is 2. The molecule has 1 aliphatic heterocycles. The van der Waals surface area contributed by atoms with Crippen LogP contribution in [-0.2, 0) is 20.9 Å². The molecule has 4 rings (SSSR count). The van der Waals surface area contributed by atoms with Gasteiger partial charge in [0.25, 0.3) is 5.91 Å². The Morgan fingerprint density at radius 1 is 1.22 bits per heavy atom. The first-order chi connectivity index (χ1) is 15.5. The minimum atomic E-state index is -0.825. The van der Waals surface area contributed by atoms with Gasteiger partial charge in [-0.2, -0.15) is 5.10 Å². The van der Waals surface area contributed by atoms with Crippen LogP contribution >= 0.6 is 0 Å². The van der Waals surface area contributed by atoms with Crippen molar-refractivity contribution in [3.63, 3.8) is 0 Å². The number of para-hydroxylation sites is 2. The summed E-state index contributed by atoms with van der Waals surface area (Å²) in [5.74, 6) is -0.0386. The molecule has 0 fully saturated rings. The van der Waals surface area contributed by atoms with E-state index in [-0.39, 0.29) is 30.7 Å². The van der Waals surface area contributed by atoms with Gasteiger partial charge in [-0.3, -0.25) is 9.59 Å². The zero-order chi connectivity index (χ0) is 22.7. The number of anilines is 2. The molecule has 3 aromatic rings. The van der Waals surface area contributed by atoms with E-state index in [1.807, 2.05) is 13.0 Å². The van der Waals surface area contributed by atoms with Crippen molar-refractivity contribution in [2.45, 2.75) is 26.0 Å². The van der Waals surface area contributed by atoms with Crippen LogP contribution in [0.4, 0.5) is 15.9 Å². The van der Waals surface area contributed by atoms with Gasteiger partial charge >= 0.3 is 0 Å². The van der Waals surface area contributed by atoms with Gasteiger partial charge in [0.2, 0.25) is 5.91 Å². The third kappa shape index (κ3) is 4.19. The minimum Gasteiger partial charge on any atom is -0.492 e. The number of rotatable bonds is 8. The Bertz CT molecular complexity index is 1140. The molecule has 1 aliphatic rings. The summed E-state index contributed by atoms with van der Waals surface area (Å²) in [6, 6.07) is 12.2. The summed E-state index contributed by atoms with van der Waals surface area (Å²) in [6.07, 6.45) is -0.115. The van der Waals surface area contributed by atoms with Crippen molar-refractivity contribution in [1.29, 1.82) is 0 Å². The fourth-order valence-electron chi connectivity index (χ4n) is 3.70. The number of hydrogen-bond acceptors (Lipinski definition) is 5. The average Bonchev–Trinajstić information content (AvgIpc) is 3.26. The van der Waals surface area contributed by atoms with E-state index in [1.54, 1.807) is 30.3 Å². The molecule has 1 atom stereocenters. The maximum atomic E-state index is 13.4. The van der Waals surface area contributed by atoms with E-state index in [0.29, 0.717) is 40.7 Å². The summed E-state index contributed by atoms with van der Waals surface area (Å²) in [7, 11) is 1.54. The number of carbonyl (C=O) groups is 2. The second kappa shape index (κ2) is 9.19. The average molecular weight is 438 g/mol. The molecule has 1 unspecified atom stereocenters. The molecule has 2 aromatic carbocycles. The van der Waals surface area contributed by atoms with Crippen molar-refractivity contribution in [1.82, 2.24) is 9.78 Å². The van der Waals surface area contributed by atoms with Crippen LogP contribution in [0.3, 0.4) is 0 Å². The van der Waals surface area contributed by atoms with Gasteiger partial charge in [0.15, 0.2) is 0 Å². The molecule has 0 bridgehead atoms. The van der Waals surface area contributed by atoms with Crippen LogP contribution in [-0.4, -0.2) is 35.3 Å². The molecule has 1 aromatic heterocycles. The fraction of sp³-hybridized carbons (Fsp3) is 0.261. The predicted molar refractivity (Wildman–Crippen MR) is 117 cm³/mol. The third-order valence-corrected chi connectivity index (χ3v) is 5.08. The van der Waals surface area contributed by atoms with Gasteiger partial charge in [-0.25, -0.2) is 9.07 Å². The van der Waals surface area contributed by atoms with E-state index < -0.39 is 6.04 Å². The van der Waals surface area contributed by atoms with Crippen molar-refractivity contribution >= 4 is 23.3 Å². The van der Waals surface area contributed by atoms with Crippen LogP contribution in [0.15, 0.2) is 48.5 Å². The second-order valence-electron chi connectivity index (χ2n) is 7.24. The largest absolute Gasteiger partial charge is 0.492 e. The number of fused-ring (bicyclic) bond motifs is 1. The lowest BCUT2D eigenvalue weighted by atomic mass is 10.1. The number of halogens is 1. The predicted octanol–water partition coefficient (Wildman–Crippen LogP) is 3.76. The number of carbonyl (C=O) groups excluding carboxylic acids is 2. The highest BCUT2D eigenvalue weighted by molar-refractivity contribution is 6.04. The smallest absolute Gasteiger partial charge is 0.251 e. The van der Waals surface area contributed by atoms with E-state index in [0.717, 1.165) is 0 Å². The van der Waals surface area contributed by atoms with Crippen LogP contribution in [0.5, 0.6) is 5.75 Å². The molecule has 2 amide bonds. The fourth-order valence-corrected chi connectivity index (χ4v) is 3.70. The molecule has 0 saturated heterocycles. The van der Waals surface area contributed by atoms with Gasteiger partial charge in [-0.05, 0) is 36.8 Å². The third-order valence-electron chi connectivity index (χ3n) is 5.08. The van der Waals surface area contributed by atoms with Crippen molar-refractivity contribution in [3.05, 3.63) is 60.0 Å². The quantitative estimate of drug-likeness (QED) is 0.559. The Labute approximate surface area is 184 Å². The minimum absolute atomic E-state index is 0.115. The number of benzene rings is 2. The highest BCUT2D eigenvalue weighted by atomic mass is 19.1. The molecule has 32 heavy (non-hydrogen) atoms. The Balaban J connectivity index is 1.60. The van der Waals surface area contributed by atoms with Crippen molar-refractivity contribution in [3.8, 4) is 16.9 Å². The molecular weight excluding hydrogens is 415 g/mol. The first-order valence-electron chi connectivity index (χ1n) is 10.2. The molecule has 8 nitrogen and oxygen atoms in total. The summed E-state index contributed by atoms with van der Waals surface area (Å²) in [5.41, 5.74) is 2.45. The SMILES string of the molecule is CCOc1ccccc1NC(=O)CC1C(=O)Nc2c(-c3ccc(F)cc3)c(COC)nn21. The Morgan fingerprint density at radius 2 is 1.97 bits per heavy atom. The summed E-state index contributed by atoms with van der Waals surface area (Å²) in [6.45, 7) is 2.52. The van der Waals surface area contributed by atoms with Gasteiger partial charge < -0.3 is 20.1 Å². The normalized spacial score (nSPS) is 14.7. The second-order valence-corrected chi connectivity index (χ2v) is 7.24. The molecule has 0 aliphatic carbocycles. The topological polar surface area (TPSA) is 94.5 Å². The number of aromatic nitrogens is 2. The van der Waals surface area contributed by atoms with E-state index in [1.165, 1.54) is 23.9 Å². The van der Waals surface area contributed by atoms with E-state index >= 15 is 0 Å². The van der Waals surface area contributed by atoms with Crippen LogP contribution in [0.2, 0.25) is 0 Å². The van der Waals surface area contributed by atoms with E-state index in [2.05, 4.69) is 15.7 Å². The Hall–Kier alpha value is -3.72. The van der Waals surface area contributed by atoms with Gasteiger partial charge in [0.1, 0.15) is 23.4 Å². The maximum absolute atomic E-state index is 13.4. The monoisotopic (exact) mass is 438 g/mol. The van der Waals surface area contributed by atoms with Gasteiger partial charge in [-0.1, -0.05) is 24.3 Å². The van der Waals surface area contributed by atoms with Gasteiger partial charge in [0.05, 0.1) is 31.0 Å². The lowest BCUT2D eigenvalue weighted by Gasteiger charge is -2.13. The zero-order valence-electron chi connectivity index (χ0n) is 17.7. The first kappa shape index (κ1) is 21.5. The molecular formula is C23H23FN4O4. The van der Waals surface area contributed by atoms with Crippen LogP contribution < -0.4 is 15.4 Å². The zero-order valence-corrected chi connectivity index (χ0v) is 17.7. The lowest BCUT2D eigenvalue weighted by molar-refractivity contribution is -0.123. The maximum Gasteiger partial charge on any atom is 0.251 e. The summed E-state index contributed by atoms with van der Waals surface area (Å²) in [5, 5.41) is 10.2. The number of methoxy groups -OCH3 is 1. The molecule has 0 saturated carbocycles. The van der Waals surface area contributed by atoms with Crippen molar-refractivity contribution < 1.29 is 23.5 Å². The van der Waals surface area contributed by atoms with Gasteiger partial charge in [0, 0.05) is 12.7 Å². The van der Waals surface area contributed by atoms with Crippen LogP contribution in [0.25, 0.3) is 11.1 Å². The number of hydrogen-bond donors (Lipinski definition) is 2. The lowest BCUT2D eigenvalue weighted by Crippen LogP contribution is -2.24. The Kier molecular flexibility index (Phi) is 6.18. The molecule has 2 heterocycles. The Morgan fingerprint density at radius 3 is 2.69 bits per heavy atom. The summed E-state index contributed by atoms with van der Waals surface area (Å²) < 4.78 is 25.7. The van der Waals surface area contributed by atoms with Gasteiger partial charge in [-0.15, -0.1) is 0 Å². The number of nitrogens with zero attached hydrogens (tertiary/aromatic N) is 2. The first-order valence-corrected chi connectivity index (χ1v) is 10.2. The summed E-state index contributed by atoms with van der Waals surface area (Å²) >= 11 is 0. The highest BCUT2D eigenvalue weighted by Crippen LogP contribution is 2.39. The van der Waals surface area contributed by atoms with Crippen molar-refractivity contribution in [2.75, 3.05) is 24.4 Å². The standard InChI is InChI=1S/C23H23FN4O4/c1-3-32-19-7-5-4-6-16(19)25-20(29)12-18-23(30)26-22-21(14-8-10-15(24)11-9-14)17(13-31-2)27-28(18)22/h4-11,18H,3,12-13H2,1-2H3,(H,25,29)(H,26,30). The molecule has 0 spiro atoms. The van der Waals surface area contributed by atoms with Crippen LogP contribution in [0.1, 0.15) is 25.1 Å². The number of ether oxygens (including phenoxy) is 2.